The van der Waals surface area contributed by atoms with E-state index in [1.807, 2.05) is 12.1 Å². The van der Waals surface area contributed by atoms with E-state index in [9.17, 15) is 4.79 Å². The Bertz CT molecular complexity index is 339. The maximum absolute atomic E-state index is 11.3. The zero-order valence-corrected chi connectivity index (χ0v) is 10.4. The quantitative estimate of drug-likeness (QED) is 0.625. The van der Waals surface area contributed by atoms with Crippen molar-refractivity contribution in [3.63, 3.8) is 0 Å². The Morgan fingerprint density at radius 2 is 2.29 bits per heavy atom. The van der Waals surface area contributed by atoms with Crippen LogP contribution in [0.25, 0.3) is 0 Å². The van der Waals surface area contributed by atoms with E-state index in [0.717, 1.165) is 15.1 Å². The van der Waals surface area contributed by atoms with Gasteiger partial charge >= 0.3 is 5.97 Å². The molecule has 0 heterocycles. The van der Waals surface area contributed by atoms with Crippen LogP contribution in [0.1, 0.15) is 17.3 Å². The lowest BCUT2D eigenvalue weighted by Crippen LogP contribution is -2.02. The van der Waals surface area contributed by atoms with Crippen LogP contribution in [-0.4, -0.2) is 18.8 Å². The predicted octanol–water partition coefficient (Wildman–Crippen LogP) is 3.35. The van der Waals surface area contributed by atoms with Gasteiger partial charge in [-0.25, -0.2) is 4.79 Å². The molecule has 0 aromatic heterocycles. The van der Waals surface area contributed by atoms with Gasteiger partial charge in [-0.05, 0) is 33.8 Å². The van der Waals surface area contributed by atoms with E-state index in [-0.39, 0.29) is 5.97 Å². The molecule has 14 heavy (non-hydrogen) atoms. The second-order valence-corrected chi connectivity index (χ2v) is 4.64. The molecule has 1 aromatic carbocycles. The fraction of sp³-hybridized carbons (Fsp3) is 0.300. The number of carbonyl (C=O) groups excluding carboxylic acids is 1. The van der Waals surface area contributed by atoms with E-state index in [0.29, 0.717) is 5.56 Å². The molecule has 0 radical (unpaired) electrons. The molecule has 0 unspecified atom stereocenters. The van der Waals surface area contributed by atoms with Crippen molar-refractivity contribution in [1.29, 1.82) is 0 Å². The highest BCUT2D eigenvalue weighted by Gasteiger charge is 2.12. The van der Waals surface area contributed by atoms with Crippen molar-refractivity contribution < 1.29 is 9.53 Å². The van der Waals surface area contributed by atoms with Crippen LogP contribution in [0.15, 0.2) is 27.6 Å². The van der Waals surface area contributed by atoms with Crippen LogP contribution in [0, 0.1) is 0 Å². The number of halogens is 1. The zero-order valence-electron chi connectivity index (χ0n) is 8.04. The second kappa shape index (κ2) is 5.41. The molecule has 0 atom stereocenters. The van der Waals surface area contributed by atoms with E-state index < -0.39 is 0 Å². The predicted molar refractivity (Wildman–Crippen MR) is 61.9 cm³/mol. The maximum Gasteiger partial charge on any atom is 0.339 e. The van der Waals surface area contributed by atoms with Crippen molar-refractivity contribution in [3.8, 4) is 0 Å². The summed E-state index contributed by atoms with van der Waals surface area (Å²) in [5.74, 6) is 0.666. The first-order valence-electron chi connectivity index (χ1n) is 4.20. The summed E-state index contributed by atoms with van der Waals surface area (Å²) in [6.07, 6.45) is 0. The Hall–Kier alpha value is -0.480. The van der Waals surface area contributed by atoms with Gasteiger partial charge in [-0.15, -0.1) is 11.8 Å². The molecule has 0 amide bonds. The van der Waals surface area contributed by atoms with Crippen LogP contribution in [0.2, 0.25) is 0 Å². The van der Waals surface area contributed by atoms with Crippen LogP contribution in [0.3, 0.4) is 0 Å². The molecule has 0 N–H and O–H groups in total. The average molecular weight is 275 g/mol. The summed E-state index contributed by atoms with van der Waals surface area (Å²) in [5.41, 5.74) is 0.575. The lowest BCUT2D eigenvalue weighted by Gasteiger charge is -2.06. The van der Waals surface area contributed by atoms with Gasteiger partial charge in [0.25, 0.3) is 0 Å². The molecule has 76 valence electrons. The monoisotopic (exact) mass is 274 g/mol. The van der Waals surface area contributed by atoms with E-state index in [4.69, 9.17) is 0 Å². The first-order valence-corrected chi connectivity index (χ1v) is 5.98. The number of ether oxygens (including phenoxy) is 1. The highest BCUT2D eigenvalue weighted by molar-refractivity contribution is 9.10. The van der Waals surface area contributed by atoms with Crippen molar-refractivity contribution in [2.24, 2.45) is 0 Å². The molecule has 2 nitrogen and oxygen atoms in total. The molecule has 1 rings (SSSR count). The average Bonchev–Trinajstić information content (AvgIpc) is 2.20. The number of carbonyl (C=O) groups is 1. The number of esters is 1. The third-order valence-corrected chi connectivity index (χ3v) is 3.73. The summed E-state index contributed by atoms with van der Waals surface area (Å²) < 4.78 is 5.49. The zero-order chi connectivity index (χ0) is 10.6. The number of thioether (sulfide) groups is 1. The topological polar surface area (TPSA) is 26.3 Å². The minimum Gasteiger partial charge on any atom is -0.465 e. The third kappa shape index (κ3) is 2.51. The summed E-state index contributed by atoms with van der Waals surface area (Å²) in [6, 6.07) is 5.58. The first kappa shape index (κ1) is 11.6. The van der Waals surface area contributed by atoms with Crippen molar-refractivity contribution in [1.82, 2.24) is 0 Å². The van der Waals surface area contributed by atoms with Crippen LogP contribution in [-0.2, 0) is 4.74 Å². The summed E-state index contributed by atoms with van der Waals surface area (Å²) in [7, 11) is 1.38. The molecular weight excluding hydrogens is 264 g/mol. The summed E-state index contributed by atoms with van der Waals surface area (Å²) >= 11 is 5.09. The van der Waals surface area contributed by atoms with Crippen LogP contribution < -0.4 is 0 Å². The van der Waals surface area contributed by atoms with Crippen molar-refractivity contribution in [3.05, 3.63) is 28.2 Å². The fourth-order valence-electron chi connectivity index (χ4n) is 1.05. The van der Waals surface area contributed by atoms with Gasteiger partial charge in [0.1, 0.15) is 0 Å². The minimum atomic E-state index is -0.310. The molecule has 0 saturated heterocycles. The molecule has 0 bridgehead atoms. The van der Waals surface area contributed by atoms with Gasteiger partial charge in [-0.2, -0.15) is 0 Å². The third-order valence-electron chi connectivity index (χ3n) is 1.67. The molecule has 0 aliphatic heterocycles. The van der Waals surface area contributed by atoms with Crippen LogP contribution in [0.4, 0.5) is 0 Å². The SMILES string of the molecule is CCSc1cccc(C(=O)OC)c1Br. The van der Waals surface area contributed by atoms with Gasteiger partial charge in [0.15, 0.2) is 0 Å². The molecule has 0 fully saturated rings. The van der Waals surface area contributed by atoms with E-state index in [1.54, 1.807) is 17.8 Å². The van der Waals surface area contributed by atoms with Gasteiger partial charge in [0, 0.05) is 9.37 Å². The number of methoxy groups -OCH3 is 1. The Labute approximate surface area is 96.2 Å². The Balaban J connectivity index is 3.07. The van der Waals surface area contributed by atoms with Crippen LogP contribution >= 0.6 is 27.7 Å². The van der Waals surface area contributed by atoms with Crippen molar-refractivity contribution in [2.45, 2.75) is 11.8 Å². The normalized spacial score (nSPS) is 9.93. The molecule has 1 aromatic rings. The Kier molecular flexibility index (Phi) is 4.48. The molecule has 0 spiro atoms. The van der Waals surface area contributed by atoms with E-state index in [2.05, 4.69) is 27.6 Å². The first-order chi connectivity index (χ1) is 6.70. The van der Waals surface area contributed by atoms with E-state index in [1.165, 1.54) is 7.11 Å². The maximum atomic E-state index is 11.3. The molecule has 0 aliphatic carbocycles. The summed E-state index contributed by atoms with van der Waals surface area (Å²) in [5, 5.41) is 0. The van der Waals surface area contributed by atoms with Gasteiger partial charge in [0.05, 0.1) is 12.7 Å². The Morgan fingerprint density at radius 1 is 1.57 bits per heavy atom. The second-order valence-electron chi connectivity index (χ2n) is 2.54. The number of benzene rings is 1. The number of hydrogen-bond acceptors (Lipinski definition) is 3. The highest BCUT2D eigenvalue weighted by atomic mass is 79.9. The fourth-order valence-corrected chi connectivity index (χ4v) is 2.54. The highest BCUT2D eigenvalue weighted by Crippen LogP contribution is 2.30. The lowest BCUT2D eigenvalue weighted by atomic mass is 10.2. The summed E-state index contributed by atoms with van der Waals surface area (Å²) in [4.78, 5) is 12.4. The number of hydrogen-bond donors (Lipinski definition) is 0. The number of rotatable bonds is 3. The lowest BCUT2D eigenvalue weighted by molar-refractivity contribution is 0.0599. The molecule has 0 saturated carbocycles. The van der Waals surface area contributed by atoms with Crippen molar-refractivity contribution >= 4 is 33.7 Å². The van der Waals surface area contributed by atoms with Gasteiger partial charge in [0.2, 0.25) is 0 Å². The van der Waals surface area contributed by atoms with Gasteiger partial charge < -0.3 is 4.74 Å². The van der Waals surface area contributed by atoms with Gasteiger partial charge in [-0.3, -0.25) is 0 Å². The molecule has 0 aliphatic rings. The largest absolute Gasteiger partial charge is 0.465 e. The van der Waals surface area contributed by atoms with Crippen LogP contribution in [0.5, 0.6) is 0 Å². The molecular formula is C10H11BrO2S. The van der Waals surface area contributed by atoms with E-state index >= 15 is 0 Å². The van der Waals surface area contributed by atoms with Gasteiger partial charge in [-0.1, -0.05) is 13.0 Å². The molecule has 4 heteroatoms. The minimum absolute atomic E-state index is 0.310. The smallest absolute Gasteiger partial charge is 0.339 e. The standard InChI is InChI=1S/C10H11BrO2S/c1-3-14-8-6-4-5-7(9(8)11)10(12)13-2/h4-6H,3H2,1-2H3. The Morgan fingerprint density at radius 3 is 2.86 bits per heavy atom. The summed E-state index contributed by atoms with van der Waals surface area (Å²) in [6.45, 7) is 2.07. The van der Waals surface area contributed by atoms with Crippen molar-refractivity contribution in [2.75, 3.05) is 12.9 Å².